The lowest BCUT2D eigenvalue weighted by molar-refractivity contribution is 0.244. The van der Waals surface area contributed by atoms with E-state index in [1.165, 1.54) is 11.3 Å². The molecule has 0 bridgehead atoms. The van der Waals surface area contributed by atoms with Crippen molar-refractivity contribution in [2.24, 2.45) is 0 Å². The van der Waals surface area contributed by atoms with Crippen LogP contribution in [0.1, 0.15) is 37.9 Å². The molecular weight excluding hydrogens is 232 g/mol. The van der Waals surface area contributed by atoms with Gasteiger partial charge in [0.05, 0.1) is 23.6 Å². The number of hydrogen-bond acceptors (Lipinski definition) is 4. The smallest absolute Gasteiger partial charge is 0.0982 e. The van der Waals surface area contributed by atoms with E-state index in [0.717, 1.165) is 31.8 Å². The second-order valence-electron chi connectivity index (χ2n) is 4.96. The molecule has 0 amide bonds. The second-order valence-corrected chi connectivity index (χ2v) is 5.82. The Bertz CT molecular complexity index is 341. The van der Waals surface area contributed by atoms with Crippen LogP contribution in [0.4, 0.5) is 0 Å². The van der Waals surface area contributed by atoms with E-state index in [9.17, 15) is 0 Å². The van der Waals surface area contributed by atoms with Crippen LogP contribution in [0.2, 0.25) is 0 Å². The van der Waals surface area contributed by atoms with Crippen LogP contribution < -0.4 is 5.32 Å². The van der Waals surface area contributed by atoms with Crippen LogP contribution in [-0.2, 0) is 16.7 Å². The zero-order valence-electron chi connectivity index (χ0n) is 11.0. The summed E-state index contributed by atoms with van der Waals surface area (Å²) in [5.41, 5.74) is 1.28. The van der Waals surface area contributed by atoms with Crippen molar-refractivity contribution >= 4 is 11.3 Å². The van der Waals surface area contributed by atoms with Gasteiger partial charge in [-0.2, -0.15) is 0 Å². The van der Waals surface area contributed by atoms with E-state index >= 15 is 0 Å². The third-order valence-corrected chi connectivity index (χ3v) is 3.55. The molecule has 96 valence electrons. The predicted molar refractivity (Wildman–Crippen MR) is 73.3 cm³/mol. The molecular formula is C13H22N2OS. The first kappa shape index (κ1) is 14.2. The van der Waals surface area contributed by atoms with Crippen molar-refractivity contribution in [2.75, 3.05) is 13.2 Å². The largest absolute Gasteiger partial charge is 0.502 e. The van der Waals surface area contributed by atoms with E-state index in [2.05, 4.69) is 43.0 Å². The van der Waals surface area contributed by atoms with Gasteiger partial charge >= 0.3 is 0 Å². The zero-order valence-corrected chi connectivity index (χ0v) is 11.8. The SMILES string of the molecule is C=COCCCNCc1csc(C(C)(C)C)n1. The number of rotatable bonds is 7. The number of nitrogens with one attached hydrogen (secondary N) is 1. The van der Waals surface area contributed by atoms with Crippen molar-refractivity contribution in [1.82, 2.24) is 10.3 Å². The first-order valence-corrected chi connectivity index (χ1v) is 6.80. The number of ether oxygens (including phenoxy) is 1. The summed E-state index contributed by atoms with van der Waals surface area (Å²) < 4.78 is 5.04. The van der Waals surface area contributed by atoms with Gasteiger partial charge in [-0.3, -0.25) is 0 Å². The van der Waals surface area contributed by atoms with Crippen LogP contribution in [0.3, 0.4) is 0 Å². The first-order valence-electron chi connectivity index (χ1n) is 5.92. The molecule has 0 aromatic carbocycles. The second kappa shape index (κ2) is 6.77. The fraction of sp³-hybridized carbons (Fsp3) is 0.615. The lowest BCUT2D eigenvalue weighted by Crippen LogP contribution is -2.17. The van der Waals surface area contributed by atoms with Crippen molar-refractivity contribution in [2.45, 2.75) is 39.2 Å². The highest BCUT2D eigenvalue weighted by molar-refractivity contribution is 7.09. The Morgan fingerprint density at radius 1 is 1.53 bits per heavy atom. The minimum absolute atomic E-state index is 0.153. The van der Waals surface area contributed by atoms with Crippen molar-refractivity contribution in [3.8, 4) is 0 Å². The summed E-state index contributed by atoms with van der Waals surface area (Å²) in [6.45, 7) is 12.6. The average Bonchev–Trinajstić information content (AvgIpc) is 2.71. The summed E-state index contributed by atoms with van der Waals surface area (Å²) in [5.74, 6) is 0. The van der Waals surface area contributed by atoms with E-state index in [4.69, 9.17) is 4.74 Å². The summed E-state index contributed by atoms with van der Waals surface area (Å²) in [5, 5.41) is 6.69. The third-order valence-electron chi connectivity index (χ3n) is 2.23. The Morgan fingerprint density at radius 2 is 2.29 bits per heavy atom. The monoisotopic (exact) mass is 254 g/mol. The summed E-state index contributed by atoms with van der Waals surface area (Å²) in [7, 11) is 0. The maximum atomic E-state index is 5.04. The molecule has 0 atom stereocenters. The molecule has 0 aliphatic carbocycles. The molecule has 1 aromatic heterocycles. The number of aromatic nitrogens is 1. The fourth-order valence-electron chi connectivity index (χ4n) is 1.31. The third kappa shape index (κ3) is 5.33. The molecule has 0 fully saturated rings. The summed E-state index contributed by atoms with van der Waals surface area (Å²) in [4.78, 5) is 4.62. The van der Waals surface area contributed by atoms with Gasteiger partial charge < -0.3 is 10.1 Å². The number of hydrogen-bond donors (Lipinski definition) is 1. The van der Waals surface area contributed by atoms with Gasteiger partial charge in [-0.15, -0.1) is 11.3 Å². The minimum atomic E-state index is 0.153. The van der Waals surface area contributed by atoms with Crippen LogP contribution in [0, 0.1) is 0 Å². The van der Waals surface area contributed by atoms with Gasteiger partial charge in [-0.1, -0.05) is 27.4 Å². The molecule has 0 aliphatic heterocycles. The van der Waals surface area contributed by atoms with E-state index in [0.29, 0.717) is 0 Å². The Labute approximate surface area is 108 Å². The van der Waals surface area contributed by atoms with Gasteiger partial charge in [0, 0.05) is 17.3 Å². The maximum absolute atomic E-state index is 5.04. The van der Waals surface area contributed by atoms with Gasteiger partial charge in [-0.25, -0.2) is 4.98 Å². The van der Waals surface area contributed by atoms with Crippen molar-refractivity contribution in [3.05, 3.63) is 28.9 Å². The van der Waals surface area contributed by atoms with Crippen LogP contribution in [-0.4, -0.2) is 18.1 Å². The highest BCUT2D eigenvalue weighted by Crippen LogP contribution is 2.25. The quantitative estimate of drug-likeness (QED) is 0.600. The van der Waals surface area contributed by atoms with Crippen LogP contribution >= 0.6 is 11.3 Å². The molecule has 0 saturated heterocycles. The molecule has 1 aromatic rings. The standard InChI is InChI=1S/C13H22N2OS/c1-5-16-8-6-7-14-9-11-10-17-12(15-11)13(2,3)4/h5,10,14H,1,6-9H2,2-4H3. The molecule has 1 N–H and O–H groups in total. The van der Waals surface area contributed by atoms with E-state index in [1.54, 1.807) is 11.3 Å². The molecule has 3 nitrogen and oxygen atoms in total. The molecule has 0 unspecified atom stereocenters. The first-order chi connectivity index (χ1) is 8.04. The van der Waals surface area contributed by atoms with E-state index < -0.39 is 0 Å². The van der Waals surface area contributed by atoms with Crippen LogP contribution in [0.15, 0.2) is 18.2 Å². The molecule has 17 heavy (non-hydrogen) atoms. The van der Waals surface area contributed by atoms with Crippen molar-refractivity contribution in [3.63, 3.8) is 0 Å². The number of nitrogens with zero attached hydrogens (tertiary/aromatic N) is 1. The number of thiazole rings is 1. The summed E-state index contributed by atoms with van der Waals surface area (Å²) >= 11 is 1.74. The highest BCUT2D eigenvalue weighted by atomic mass is 32.1. The van der Waals surface area contributed by atoms with Gasteiger partial charge in [0.1, 0.15) is 0 Å². The van der Waals surface area contributed by atoms with E-state index in [1.807, 2.05) is 0 Å². The fourth-order valence-corrected chi connectivity index (χ4v) is 2.22. The van der Waals surface area contributed by atoms with E-state index in [-0.39, 0.29) is 5.41 Å². The molecule has 4 heteroatoms. The van der Waals surface area contributed by atoms with Gasteiger partial charge in [-0.05, 0) is 13.0 Å². The lowest BCUT2D eigenvalue weighted by atomic mass is 9.98. The van der Waals surface area contributed by atoms with Gasteiger partial charge in [0.25, 0.3) is 0 Å². The molecule has 0 saturated carbocycles. The van der Waals surface area contributed by atoms with Gasteiger partial charge in [0.15, 0.2) is 0 Å². The van der Waals surface area contributed by atoms with Crippen LogP contribution in [0.5, 0.6) is 0 Å². The minimum Gasteiger partial charge on any atom is -0.502 e. The Balaban J connectivity index is 2.24. The van der Waals surface area contributed by atoms with Crippen molar-refractivity contribution < 1.29 is 4.74 Å². The normalized spacial score (nSPS) is 11.5. The average molecular weight is 254 g/mol. The molecule has 1 rings (SSSR count). The molecule has 0 spiro atoms. The molecule has 1 heterocycles. The predicted octanol–water partition coefficient (Wildman–Crippen LogP) is 3.08. The Kier molecular flexibility index (Phi) is 5.65. The summed E-state index contributed by atoms with van der Waals surface area (Å²) in [6.07, 6.45) is 2.47. The topological polar surface area (TPSA) is 34.1 Å². The molecule has 0 aliphatic rings. The highest BCUT2D eigenvalue weighted by Gasteiger charge is 2.17. The zero-order chi connectivity index (χ0) is 12.7. The molecule has 0 radical (unpaired) electrons. The van der Waals surface area contributed by atoms with Crippen LogP contribution in [0.25, 0.3) is 0 Å². The Morgan fingerprint density at radius 3 is 2.88 bits per heavy atom. The Hall–Kier alpha value is -0.870. The summed E-state index contributed by atoms with van der Waals surface area (Å²) in [6, 6.07) is 0. The maximum Gasteiger partial charge on any atom is 0.0982 e. The van der Waals surface area contributed by atoms with Gasteiger partial charge in [0.2, 0.25) is 0 Å². The van der Waals surface area contributed by atoms with Crippen molar-refractivity contribution in [1.29, 1.82) is 0 Å². The lowest BCUT2D eigenvalue weighted by Gasteiger charge is -2.13.